The third kappa shape index (κ3) is 2.73. The molecule has 3 rings (SSSR count). The van der Waals surface area contributed by atoms with Crippen LogP contribution < -0.4 is 0 Å². The fraction of sp³-hybridized carbons (Fsp3) is 0.462. The summed E-state index contributed by atoms with van der Waals surface area (Å²) in [5, 5.41) is 11.4. The Kier molecular flexibility index (Phi) is 3.92. The van der Waals surface area contributed by atoms with Crippen LogP contribution in [0, 0.1) is 5.82 Å². The minimum Gasteiger partial charge on any atom is -0.232 e. The normalized spacial score (nSPS) is 20.2. The SMILES string of the molecule is Cn1nnnc1C1CCCN(S(=O)(=O)c2ccc(F)cc2)C1. The van der Waals surface area contributed by atoms with E-state index in [1.807, 2.05) is 0 Å². The maximum Gasteiger partial charge on any atom is 0.243 e. The number of aromatic nitrogens is 4. The number of halogens is 1. The molecule has 22 heavy (non-hydrogen) atoms. The van der Waals surface area contributed by atoms with Crippen LogP contribution >= 0.6 is 0 Å². The molecule has 1 atom stereocenters. The summed E-state index contributed by atoms with van der Waals surface area (Å²) < 4.78 is 41.3. The van der Waals surface area contributed by atoms with E-state index >= 15 is 0 Å². The van der Waals surface area contributed by atoms with Crippen LogP contribution in [-0.4, -0.2) is 46.0 Å². The van der Waals surface area contributed by atoms with Crippen molar-refractivity contribution in [2.45, 2.75) is 23.7 Å². The van der Waals surface area contributed by atoms with Crippen molar-refractivity contribution in [1.29, 1.82) is 0 Å². The number of tetrazole rings is 1. The Morgan fingerprint density at radius 2 is 2.00 bits per heavy atom. The van der Waals surface area contributed by atoms with Gasteiger partial charge in [-0.25, -0.2) is 17.5 Å². The van der Waals surface area contributed by atoms with Gasteiger partial charge < -0.3 is 0 Å². The molecule has 1 aromatic heterocycles. The Hall–Kier alpha value is -1.87. The zero-order valence-electron chi connectivity index (χ0n) is 12.1. The Morgan fingerprint density at radius 3 is 2.64 bits per heavy atom. The van der Waals surface area contributed by atoms with E-state index in [-0.39, 0.29) is 10.8 Å². The molecule has 0 radical (unpaired) electrons. The second-order valence-electron chi connectivity index (χ2n) is 5.32. The first kappa shape index (κ1) is 15.0. The molecule has 9 heteroatoms. The number of nitrogens with zero attached hydrogens (tertiary/aromatic N) is 5. The van der Waals surface area contributed by atoms with Crippen molar-refractivity contribution < 1.29 is 12.8 Å². The molecule has 1 aliphatic heterocycles. The Labute approximate surface area is 127 Å². The summed E-state index contributed by atoms with van der Waals surface area (Å²) in [5.74, 6) is 0.184. The van der Waals surface area contributed by atoms with Crippen molar-refractivity contribution >= 4 is 10.0 Å². The third-order valence-corrected chi connectivity index (χ3v) is 5.73. The highest BCUT2D eigenvalue weighted by Crippen LogP contribution is 2.28. The molecule has 0 bridgehead atoms. The van der Waals surface area contributed by atoms with Crippen LogP contribution in [0.3, 0.4) is 0 Å². The number of benzene rings is 1. The van der Waals surface area contributed by atoms with Gasteiger partial charge in [-0.15, -0.1) is 5.10 Å². The minimum absolute atomic E-state index is 0.0380. The smallest absolute Gasteiger partial charge is 0.232 e. The van der Waals surface area contributed by atoms with Gasteiger partial charge in [0.05, 0.1) is 4.90 Å². The zero-order chi connectivity index (χ0) is 15.7. The predicted molar refractivity (Wildman–Crippen MR) is 75.9 cm³/mol. The standard InChI is InChI=1S/C13H16FN5O2S/c1-18-13(15-16-17-18)10-3-2-8-19(9-10)22(20,21)12-6-4-11(14)5-7-12/h4-7,10H,2-3,8-9H2,1H3. The predicted octanol–water partition coefficient (Wildman–Crippen LogP) is 0.917. The summed E-state index contributed by atoms with van der Waals surface area (Å²) in [6.45, 7) is 0.773. The molecule has 0 aliphatic carbocycles. The van der Waals surface area contributed by atoms with Gasteiger partial charge in [-0.05, 0) is 47.5 Å². The molecule has 7 nitrogen and oxygen atoms in total. The first-order valence-corrected chi connectivity index (χ1v) is 8.40. The van der Waals surface area contributed by atoms with Gasteiger partial charge in [-0.2, -0.15) is 4.31 Å². The zero-order valence-corrected chi connectivity index (χ0v) is 12.9. The molecule has 1 unspecified atom stereocenters. The second-order valence-corrected chi connectivity index (χ2v) is 7.25. The molecular formula is C13H16FN5O2S. The van der Waals surface area contributed by atoms with Crippen molar-refractivity contribution in [3.8, 4) is 0 Å². The van der Waals surface area contributed by atoms with Crippen molar-refractivity contribution in [2.75, 3.05) is 13.1 Å². The largest absolute Gasteiger partial charge is 0.243 e. The quantitative estimate of drug-likeness (QED) is 0.838. The molecule has 2 aromatic rings. The van der Waals surface area contributed by atoms with Crippen molar-refractivity contribution in [1.82, 2.24) is 24.5 Å². The highest BCUT2D eigenvalue weighted by molar-refractivity contribution is 7.89. The summed E-state index contributed by atoms with van der Waals surface area (Å²) in [6, 6.07) is 4.89. The number of piperidine rings is 1. The van der Waals surface area contributed by atoms with E-state index in [9.17, 15) is 12.8 Å². The lowest BCUT2D eigenvalue weighted by molar-refractivity contribution is 0.305. The number of aryl methyl sites for hydroxylation is 1. The monoisotopic (exact) mass is 325 g/mol. The van der Waals surface area contributed by atoms with Gasteiger partial charge in [0, 0.05) is 26.1 Å². The fourth-order valence-corrected chi connectivity index (χ4v) is 4.23. The topological polar surface area (TPSA) is 81.0 Å². The Balaban J connectivity index is 1.85. The summed E-state index contributed by atoms with van der Waals surface area (Å²) >= 11 is 0. The van der Waals surface area contributed by atoms with E-state index in [0.717, 1.165) is 25.0 Å². The van der Waals surface area contributed by atoms with Gasteiger partial charge in [-0.3, -0.25) is 0 Å². The first-order valence-electron chi connectivity index (χ1n) is 6.96. The van der Waals surface area contributed by atoms with Crippen LogP contribution in [0.4, 0.5) is 4.39 Å². The van der Waals surface area contributed by atoms with Crippen molar-refractivity contribution in [2.24, 2.45) is 7.05 Å². The molecule has 118 valence electrons. The lowest BCUT2D eigenvalue weighted by Gasteiger charge is -2.31. The molecule has 0 N–H and O–H groups in total. The molecule has 1 aromatic carbocycles. The molecule has 1 fully saturated rings. The Morgan fingerprint density at radius 1 is 1.27 bits per heavy atom. The average Bonchev–Trinajstić information content (AvgIpc) is 2.94. The molecule has 0 spiro atoms. The number of rotatable bonds is 3. The fourth-order valence-electron chi connectivity index (χ4n) is 2.71. The molecule has 0 saturated carbocycles. The van der Waals surface area contributed by atoms with Crippen molar-refractivity contribution in [3.63, 3.8) is 0 Å². The third-order valence-electron chi connectivity index (χ3n) is 3.85. The minimum atomic E-state index is -3.63. The maximum absolute atomic E-state index is 13.0. The van der Waals surface area contributed by atoms with Gasteiger partial charge in [0.2, 0.25) is 10.0 Å². The molecule has 1 aliphatic rings. The average molecular weight is 325 g/mol. The van der Waals surface area contributed by atoms with Crippen LogP contribution in [0.25, 0.3) is 0 Å². The summed E-state index contributed by atoms with van der Waals surface area (Å²) in [5.41, 5.74) is 0. The summed E-state index contributed by atoms with van der Waals surface area (Å²) in [7, 11) is -1.89. The van der Waals surface area contributed by atoms with Gasteiger partial charge >= 0.3 is 0 Å². The molecule has 0 amide bonds. The van der Waals surface area contributed by atoms with Crippen LogP contribution in [0.15, 0.2) is 29.2 Å². The Bertz CT molecular complexity index is 759. The lowest BCUT2D eigenvalue weighted by Crippen LogP contribution is -2.39. The van der Waals surface area contributed by atoms with E-state index < -0.39 is 15.8 Å². The van der Waals surface area contributed by atoms with E-state index in [2.05, 4.69) is 15.5 Å². The highest BCUT2D eigenvalue weighted by Gasteiger charge is 2.32. The summed E-state index contributed by atoms with van der Waals surface area (Å²) in [6.07, 6.45) is 1.57. The molecular weight excluding hydrogens is 309 g/mol. The number of hydrogen-bond donors (Lipinski definition) is 0. The van der Waals surface area contributed by atoms with Gasteiger partial charge in [-0.1, -0.05) is 0 Å². The van der Waals surface area contributed by atoms with Crippen LogP contribution in [0.1, 0.15) is 24.6 Å². The first-order chi connectivity index (χ1) is 10.5. The van der Waals surface area contributed by atoms with E-state index in [0.29, 0.717) is 18.9 Å². The highest BCUT2D eigenvalue weighted by atomic mass is 32.2. The van der Waals surface area contributed by atoms with Crippen LogP contribution in [0.2, 0.25) is 0 Å². The van der Waals surface area contributed by atoms with E-state index in [1.165, 1.54) is 16.4 Å². The number of sulfonamides is 1. The van der Waals surface area contributed by atoms with Crippen molar-refractivity contribution in [3.05, 3.63) is 35.9 Å². The molecule has 1 saturated heterocycles. The van der Waals surface area contributed by atoms with Crippen LogP contribution in [-0.2, 0) is 17.1 Å². The number of hydrogen-bond acceptors (Lipinski definition) is 5. The van der Waals surface area contributed by atoms with Gasteiger partial charge in [0.15, 0.2) is 5.82 Å². The van der Waals surface area contributed by atoms with E-state index in [4.69, 9.17) is 0 Å². The van der Waals surface area contributed by atoms with Gasteiger partial charge in [0.25, 0.3) is 0 Å². The summed E-state index contributed by atoms with van der Waals surface area (Å²) in [4.78, 5) is 0.102. The molecule has 2 heterocycles. The van der Waals surface area contributed by atoms with Crippen LogP contribution in [0.5, 0.6) is 0 Å². The van der Waals surface area contributed by atoms with Gasteiger partial charge in [0.1, 0.15) is 5.82 Å². The van der Waals surface area contributed by atoms with E-state index in [1.54, 1.807) is 11.7 Å². The lowest BCUT2D eigenvalue weighted by atomic mass is 9.99. The second kappa shape index (κ2) is 5.73. The maximum atomic E-state index is 13.0.